The van der Waals surface area contributed by atoms with E-state index in [1.165, 1.54) is 31.4 Å². The van der Waals surface area contributed by atoms with Gasteiger partial charge in [0.05, 0.1) is 19.6 Å². The summed E-state index contributed by atoms with van der Waals surface area (Å²) in [6.45, 7) is 2.67. The van der Waals surface area contributed by atoms with Crippen LogP contribution < -0.4 is 5.32 Å². The number of benzene rings is 1. The summed E-state index contributed by atoms with van der Waals surface area (Å²) < 4.78 is 17.5. The van der Waals surface area contributed by atoms with Crippen LogP contribution in [0.3, 0.4) is 0 Å². The lowest BCUT2D eigenvalue weighted by Gasteiger charge is -2.23. The highest BCUT2D eigenvalue weighted by Crippen LogP contribution is 2.19. The summed E-state index contributed by atoms with van der Waals surface area (Å²) >= 11 is 0. The Kier molecular flexibility index (Phi) is 6.45. The van der Waals surface area contributed by atoms with Gasteiger partial charge >= 0.3 is 5.97 Å². The first-order chi connectivity index (χ1) is 9.08. The molecule has 2 unspecified atom stereocenters. The van der Waals surface area contributed by atoms with Crippen molar-refractivity contribution < 1.29 is 19.0 Å². The second-order valence-electron chi connectivity index (χ2n) is 4.34. The Morgan fingerprint density at radius 1 is 1.42 bits per heavy atom. The molecule has 0 fully saturated rings. The maximum Gasteiger partial charge on any atom is 0.307 e. The largest absolute Gasteiger partial charge is 0.469 e. The number of methoxy groups -OCH3 is 1. The summed E-state index contributed by atoms with van der Waals surface area (Å²) in [6, 6.07) is 5.15. The number of hydrogen-bond donors (Lipinski definition) is 2. The maximum absolute atomic E-state index is 12.8. The molecule has 2 N–H and O–H groups in total. The molecule has 0 amide bonds. The van der Waals surface area contributed by atoms with Crippen molar-refractivity contribution in [2.75, 3.05) is 13.7 Å². The van der Waals surface area contributed by atoms with Gasteiger partial charge in [-0.2, -0.15) is 0 Å². The van der Waals surface area contributed by atoms with Crippen LogP contribution in [0.2, 0.25) is 0 Å². The molecule has 1 aromatic carbocycles. The molecule has 0 aliphatic rings. The van der Waals surface area contributed by atoms with Crippen LogP contribution in [-0.2, 0) is 9.53 Å². The molecule has 0 saturated carbocycles. The molecular weight excluding hydrogens is 249 g/mol. The molecule has 0 aliphatic heterocycles. The minimum atomic E-state index is -0.883. The van der Waals surface area contributed by atoms with Gasteiger partial charge in [0.15, 0.2) is 0 Å². The van der Waals surface area contributed by atoms with Crippen LogP contribution in [-0.4, -0.2) is 30.8 Å². The van der Waals surface area contributed by atoms with Gasteiger partial charge in [0.25, 0.3) is 0 Å². The molecule has 2 atom stereocenters. The van der Waals surface area contributed by atoms with E-state index in [4.69, 9.17) is 0 Å². The molecule has 0 bridgehead atoms. The first-order valence-electron chi connectivity index (χ1n) is 6.32. The average Bonchev–Trinajstić information content (AvgIpc) is 2.43. The topological polar surface area (TPSA) is 58.6 Å². The van der Waals surface area contributed by atoms with Gasteiger partial charge in [0.1, 0.15) is 5.82 Å². The number of carbonyl (C=O) groups is 1. The molecule has 0 aliphatic carbocycles. The molecule has 1 rings (SSSR count). The predicted molar refractivity (Wildman–Crippen MR) is 70.1 cm³/mol. The van der Waals surface area contributed by atoms with Crippen LogP contribution >= 0.6 is 0 Å². The van der Waals surface area contributed by atoms with Gasteiger partial charge in [0.2, 0.25) is 0 Å². The molecule has 19 heavy (non-hydrogen) atoms. The minimum absolute atomic E-state index is 0.0645. The molecule has 4 nitrogen and oxygen atoms in total. The molecule has 1 aromatic rings. The van der Waals surface area contributed by atoms with Gasteiger partial charge in [-0.1, -0.05) is 19.1 Å². The normalized spacial score (nSPS) is 13.9. The van der Waals surface area contributed by atoms with Crippen molar-refractivity contribution in [3.63, 3.8) is 0 Å². The first-order valence-corrected chi connectivity index (χ1v) is 6.32. The highest BCUT2D eigenvalue weighted by molar-refractivity contribution is 5.70. The fraction of sp³-hybridized carbons (Fsp3) is 0.500. The maximum atomic E-state index is 12.8. The van der Waals surface area contributed by atoms with E-state index in [1.54, 1.807) is 0 Å². The van der Waals surface area contributed by atoms with Gasteiger partial charge < -0.3 is 15.2 Å². The standard InChI is InChI=1S/C14H20FNO3/c1-3-8-16-12(9-13(17)19-2)14(18)10-4-6-11(15)7-5-10/h4-7,12,14,16,18H,3,8-9H2,1-2H3. The number of carbonyl (C=O) groups excluding carboxylic acids is 1. The van der Waals surface area contributed by atoms with Gasteiger partial charge in [0, 0.05) is 6.04 Å². The SMILES string of the molecule is CCCNC(CC(=O)OC)C(O)c1ccc(F)cc1. The Morgan fingerprint density at radius 3 is 2.58 bits per heavy atom. The number of rotatable bonds is 7. The fourth-order valence-corrected chi connectivity index (χ4v) is 1.78. The molecule has 0 aromatic heterocycles. The summed E-state index contributed by atoms with van der Waals surface area (Å²) in [4.78, 5) is 11.3. The van der Waals surface area contributed by atoms with Crippen molar-refractivity contribution in [2.24, 2.45) is 0 Å². The Labute approximate surface area is 112 Å². The third-order valence-corrected chi connectivity index (χ3v) is 2.86. The Balaban J connectivity index is 2.77. The zero-order valence-corrected chi connectivity index (χ0v) is 11.2. The quantitative estimate of drug-likeness (QED) is 0.741. The number of hydrogen-bond acceptors (Lipinski definition) is 4. The van der Waals surface area contributed by atoms with E-state index in [0.29, 0.717) is 12.1 Å². The monoisotopic (exact) mass is 269 g/mol. The Morgan fingerprint density at radius 2 is 2.05 bits per heavy atom. The Bertz CT molecular complexity index is 394. The lowest BCUT2D eigenvalue weighted by atomic mass is 9.99. The van der Waals surface area contributed by atoms with Crippen molar-refractivity contribution in [2.45, 2.75) is 31.9 Å². The summed E-state index contributed by atoms with van der Waals surface area (Å²) in [5.74, 6) is -0.753. The van der Waals surface area contributed by atoms with Gasteiger partial charge in [-0.05, 0) is 30.7 Å². The number of halogens is 1. The van der Waals surface area contributed by atoms with Gasteiger partial charge in [-0.15, -0.1) is 0 Å². The second kappa shape index (κ2) is 7.86. The van der Waals surface area contributed by atoms with E-state index in [-0.39, 0.29) is 12.2 Å². The van der Waals surface area contributed by atoms with Crippen LogP contribution in [0.4, 0.5) is 4.39 Å². The highest BCUT2D eigenvalue weighted by Gasteiger charge is 2.23. The van der Waals surface area contributed by atoms with E-state index >= 15 is 0 Å². The molecular formula is C14H20FNO3. The van der Waals surface area contributed by atoms with Crippen molar-refractivity contribution in [1.82, 2.24) is 5.32 Å². The molecule has 0 saturated heterocycles. The molecule has 0 radical (unpaired) electrons. The smallest absolute Gasteiger partial charge is 0.307 e. The molecule has 5 heteroatoms. The van der Waals surface area contributed by atoms with Gasteiger partial charge in [-0.3, -0.25) is 4.79 Å². The van der Waals surface area contributed by atoms with Crippen molar-refractivity contribution in [1.29, 1.82) is 0 Å². The van der Waals surface area contributed by atoms with Crippen molar-refractivity contribution in [3.05, 3.63) is 35.6 Å². The third kappa shape index (κ3) is 4.96. The summed E-state index contributed by atoms with van der Waals surface area (Å²) in [5.41, 5.74) is 0.568. The zero-order chi connectivity index (χ0) is 14.3. The zero-order valence-electron chi connectivity index (χ0n) is 11.2. The number of aliphatic hydroxyl groups excluding tert-OH is 1. The van der Waals surface area contributed by atoms with E-state index in [9.17, 15) is 14.3 Å². The number of esters is 1. The molecule has 106 valence electrons. The summed E-state index contributed by atoms with van der Waals surface area (Å²) in [6.07, 6.45) is 0.0642. The first kappa shape index (κ1) is 15.6. The van der Waals surface area contributed by atoms with Crippen molar-refractivity contribution >= 4 is 5.97 Å². The summed E-state index contributed by atoms with van der Waals surface area (Å²) in [7, 11) is 1.31. The lowest BCUT2D eigenvalue weighted by Crippen LogP contribution is -2.37. The fourth-order valence-electron chi connectivity index (χ4n) is 1.78. The van der Waals surface area contributed by atoms with Crippen LogP contribution in [0.1, 0.15) is 31.4 Å². The van der Waals surface area contributed by atoms with E-state index in [2.05, 4.69) is 10.1 Å². The average molecular weight is 269 g/mol. The van der Waals surface area contributed by atoms with Crippen molar-refractivity contribution in [3.8, 4) is 0 Å². The summed E-state index contributed by atoms with van der Waals surface area (Å²) in [5, 5.41) is 13.4. The molecule has 0 spiro atoms. The highest BCUT2D eigenvalue weighted by atomic mass is 19.1. The predicted octanol–water partition coefficient (Wildman–Crippen LogP) is 1.79. The lowest BCUT2D eigenvalue weighted by molar-refractivity contribution is -0.142. The Hall–Kier alpha value is -1.46. The van der Waals surface area contributed by atoms with Gasteiger partial charge in [-0.25, -0.2) is 4.39 Å². The van der Waals surface area contributed by atoms with Crippen LogP contribution in [0, 0.1) is 5.82 Å². The van der Waals surface area contributed by atoms with Crippen LogP contribution in [0.15, 0.2) is 24.3 Å². The number of nitrogens with one attached hydrogen (secondary N) is 1. The van der Waals surface area contributed by atoms with E-state index in [1.807, 2.05) is 6.92 Å². The van der Waals surface area contributed by atoms with Crippen LogP contribution in [0.25, 0.3) is 0 Å². The molecule has 0 heterocycles. The van der Waals surface area contributed by atoms with E-state index < -0.39 is 18.1 Å². The second-order valence-corrected chi connectivity index (χ2v) is 4.34. The van der Waals surface area contributed by atoms with E-state index in [0.717, 1.165) is 6.42 Å². The van der Waals surface area contributed by atoms with Crippen LogP contribution in [0.5, 0.6) is 0 Å². The minimum Gasteiger partial charge on any atom is -0.469 e. The number of ether oxygens (including phenoxy) is 1. The number of aliphatic hydroxyl groups is 1. The third-order valence-electron chi connectivity index (χ3n) is 2.86.